The second-order valence-corrected chi connectivity index (χ2v) is 12.7. The molecule has 4 aromatic carbocycles. The van der Waals surface area contributed by atoms with E-state index < -0.39 is 13.2 Å². The van der Waals surface area contributed by atoms with Crippen molar-refractivity contribution in [1.82, 2.24) is 0 Å². The zero-order chi connectivity index (χ0) is 21.8. The van der Waals surface area contributed by atoms with Gasteiger partial charge in [0.2, 0.25) is 0 Å². The van der Waals surface area contributed by atoms with Gasteiger partial charge in [-0.2, -0.15) is 0 Å². The van der Waals surface area contributed by atoms with Gasteiger partial charge in [0.15, 0.2) is 0 Å². The van der Waals surface area contributed by atoms with Crippen LogP contribution in [0.2, 0.25) is 0 Å². The molecule has 0 unspecified atom stereocenters. The van der Waals surface area contributed by atoms with E-state index in [4.69, 9.17) is 3.82 Å². The van der Waals surface area contributed by atoms with Crippen LogP contribution in [0, 0.1) is 11.3 Å². The Kier molecular flexibility index (Phi) is 5.48. The van der Waals surface area contributed by atoms with Crippen molar-refractivity contribution in [3.05, 3.63) is 143 Å². The molecular weight excluding hydrogens is 457 g/mol. The second-order valence-electron chi connectivity index (χ2n) is 7.39. The van der Waals surface area contributed by atoms with Gasteiger partial charge in [-0.05, 0) is 0 Å². The van der Waals surface area contributed by atoms with Gasteiger partial charge in [0.05, 0.1) is 0 Å². The van der Waals surface area contributed by atoms with E-state index in [1.54, 1.807) is 0 Å². The van der Waals surface area contributed by atoms with Crippen molar-refractivity contribution in [3.8, 4) is 6.07 Å². The van der Waals surface area contributed by atoms with Crippen molar-refractivity contribution in [3.63, 3.8) is 0 Å². The topological polar surface area (TPSA) is 33.0 Å². The summed E-state index contributed by atoms with van der Waals surface area (Å²) in [6.07, 6.45) is 0. The van der Waals surface area contributed by atoms with Crippen LogP contribution >= 0.6 is 0 Å². The maximum atomic E-state index is 10.3. The maximum absolute atomic E-state index is 10.3. The molecule has 0 atom stereocenters. The zero-order valence-corrected chi connectivity index (χ0v) is 19.1. The summed E-state index contributed by atoms with van der Waals surface area (Å²) in [5, 5.41) is 10.3. The zero-order valence-electron chi connectivity index (χ0n) is 17.4. The predicted octanol–water partition coefficient (Wildman–Crippen LogP) is 5.33. The van der Waals surface area contributed by atoms with Crippen molar-refractivity contribution in [1.29, 1.82) is 5.26 Å². The minimum absolute atomic E-state index is 0.571. The van der Waals surface area contributed by atoms with E-state index in [1.807, 2.05) is 60.7 Å². The Bertz CT molecular complexity index is 1280. The van der Waals surface area contributed by atoms with Gasteiger partial charge in [-0.25, -0.2) is 0 Å². The fourth-order valence-electron chi connectivity index (χ4n) is 3.88. The fraction of sp³-hybridized carbons (Fsp3) is 0. The van der Waals surface area contributed by atoms with E-state index in [2.05, 4.69) is 71.7 Å². The van der Waals surface area contributed by atoms with Crippen molar-refractivity contribution in [2.75, 3.05) is 0 Å². The standard InChI is InChI=1S/C29H21NOSe/c30-21-27-28(23-13-5-1-6-14-23)22-32(25-17-9-3-10-18-25,26-19-11-4-12-20-26)31-29(27)24-15-7-2-8-16-24/h1-20,22H. The summed E-state index contributed by atoms with van der Waals surface area (Å²) in [6, 6.07) is 43.4. The molecule has 2 nitrogen and oxygen atoms in total. The van der Waals surface area contributed by atoms with Crippen LogP contribution in [0.5, 0.6) is 0 Å². The van der Waals surface area contributed by atoms with Crippen LogP contribution in [-0.4, -0.2) is 13.2 Å². The number of nitriles is 1. The monoisotopic (exact) mass is 479 g/mol. The molecule has 0 N–H and O–H groups in total. The van der Waals surface area contributed by atoms with Gasteiger partial charge in [-0.15, -0.1) is 0 Å². The van der Waals surface area contributed by atoms with Gasteiger partial charge in [-0.1, -0.05) is 0 Å². The molecule has 1 aliphatic rings. The van der Waals surface area contributed by atoms with Gasteiger partial charge >= 0.3 is 192 Å². The average molecular weight is 478 g/mol. The molecule has 0 spiro atoms. The molecule has 0 saturated heterocycles. The molecule has 0 radical (unpaired) electrons. The normalized spacial score (nSPS) is 15.8. The summed E-state index contributed by atoms with van der Waals surface area (Å²) in [4.78, 5) is 2.25. The molecule has 0 amide bonds. The summed E-state index contributed by atoms with van der Waals surface area (Å²) in [5.41, 5.74) is 3.45. The summed E-state index contributed by atoms with van der Waals surface area (Å²) in [7, 11) is 0. The number of hydrogen-bond acceptors (Lipinski definition) is 2. The van der Waals surface area contributed by atoms with E-state index in [0.29, 0.717) is 11.3 Å². The Morgan fingerprint density at radius 2 is 1.00 bits per heavy atom. The molecule has 3 heteroatoms. The molecule has 0 saturated carbocycles. The molecular formula is C29H21NOSe. The molecule has 0 bridgehead atoms. The van der Waals surface area contributed by atoms with E-state index in [1.165, 1.54) is 0 Å². The van der Waals surface area contributed by atoms with Crippen LogP contribution in [0.15, 0.2) is 132 Å². The van der Waals surface area contributed by atoms with Crippen LogP contribution < -0.4 is 8.92 Å². The van der Waals surface area contributed by atoms with E-state index in [-0.39, 0.29) is 0 Å². The first kappa shape index (κ1) is 20.1. The molecule has 0 aromatic heterocycles. The first-order chi connectivity index (χ1) is 15.8. The van der Waals surface area contributed by atoms with E-state index >= 15 is 0 Å². The van der Waals surface area contributed by atoms with Crippen molar-refractivity contribution >= 4 is 33.4 Å². The molecule has 1 heterocycles. The Morgan fingerprint density at radius 3 is 1.47 bits per heavy atom. The summed E-state index contributed by atoms with van der Waals surface area (Å²) in [5.74, 6) is 0.655. The molecule has 0 aliphatic carbocycles. The van der Waals surface area contributed by atoms with E-state index in [0.717, 1.165) is 25.6 Å². The third-order valence-electron chi connectivity index (χ3n) is 5.41. The van der Waals surface area contributed by atoms with Crippen LogP contribution in [0.1, 0.15) is 11.1 Å². The Labute approximate surface area is 191 Å². The SMILES string of the molecule is N#CC1=C(c2ccccc2)O[Se](c2ccccc2)(c2ccccc2)C=C1c1ccccc1. The summed E-state index contributed by atoms with van der Waals surface area (Å²) >= 11 is -3.10. The minimum atomic E-state index is -3.10. The summed E-state index contributed by atoms with van der Waals surface area (Å²) < 4.78 is 9.35. The van der Waals surface area contributed by atoms with Crippen LogP contribution in [0.25, 0.3) is 11.3 Å². The van der Waals surface area contributed by atoms with Crippen molar-refractivity contribution < 1.29 is 3.82 Å². The van der Waals surface area contributed by atoms with Crippen LogP contribution in [0.4, 0.5) is 0 Å². The van der Waals surface area contributed by atoms with Gasteiger partial charge in [0.25, 0.3) is 0 Å². The Hall–Kier alpha value is -3.83. The number of rotatable bonds is 4. The molecule has 32 heavy (non-hydrogen) atoms. The second kappa shape index (κ2) is 8.73. The van der Waals surface area contributed by atoms with Crippen molar-refractivity contribution in [2.24, 2.45) is 0 Å². The third-order valence-corrected chi connectivity index (χ3v) is 11.6. The Morgan fingerprint density at radius 1 is 0.562 bits per heavy atom. The average Bonchev–Trinajstić information content (AvgIpc) is 2.90. The number of benzene rings is 4. The molecule has 5 rings (SSSR count). The number of nitrogens with zero attached hydrogens (tertiary/aromatic N) is 1. The fourth-order valence-corrected chi connectivity index (χ4v) is 10.0. The number of hydrogen-bond donors (Lipinski definition) is 0. The number of allylic oxidation sites excluding steroid dienone is 2. The quantitative estimate of drug-likeness (QED) is 0.372. The molecule has 4 aromatic rings. The van der Waals surface area contributed by atoms with Crippen molar-refractivity contribution in [2.45, 2.75) is 0 Å². The van der Waals surface area contributed by atoms with Crippen LogP contribution in [0.3, 0.4) is 0 Å². The first-order valence-corrected chi connectivity index (χ1v) is 13.8. The Balaban J connectivity index is 1.85. The predicted molar refractivity (Wildman–Crippen MR) is 132 cm³/mol. The first-order valence-electron chi connectivity index (χ1n) is 10.4. The van der Waals surface area contributed by atoms with Crippen LogP contribution in [-0.2, 0) is 3.82 Å². The molecule has 1 aliphatic heterocycles. The van der Waals surface area contributed by atoms with Gasteiger partial charge < -0.3 is 0 Å². The van der Waals surface area contributed by atoms with Gasteiger partial charge in [0.1, 0.15) is 0 Å². The van der Waals surface area contributed by atoms with Gasteiger partial charge in [-0.3, -0.25) is 0 Å². The molecule has 0 fully saturated rings. The summed E-state index contributed by atoms with van der Waals surface area (Å²) in [6.45, 7) is 0. The third kappa shape index (κ3) is 3.57. The van der Waals surface area contributed by atoms with E-state index in [9.17, 15) is 5.26 Å². The molecule has 154 valence electrons. The van der Waals surface area contributed by atoms with Gasteiger partial charge in [0, 0.05) is 0 Å².